The Balaban J connectivity index is 1.40. The fourth-order valence-corrected chi connectivity index (χ4v) is 6.38. The molecule has 1 fully saturated rings. The van der Waals surface area contributed by atoms with Crippen LogP contribution in [0.1, 0.15) is 56.5 Å². The lowest BCUT2D eigenvalue weighted by molar-refractivity contribution is 0.208. The molecular formula is C29H28F2N6O. The molecule has 1 aromatic carbocycles. The van der Waals surface area contributed by atoms with Gasteiger partial charge in [-0.1, -0.05) is 26.0 Å². The molecular weight excluding hydrogens is 486 g/mol. The van der Waals surface area contributed by atoms with Crippen LogP contribution in [0.25, 0.3) is 22.5 Å². The van der Waals surface area contributed by atoms with Crippen LogP contribution < -0.4 is 5.32 Å². The maximum Gasteiger partial charge on any atom is 0.222 e. The largest absolute Gasteiger partial charge is 0.392 e. The highest BCUT2D eigenvalue weighted by atomic mass is 19.1. The Hall–Kier alpha value is -3.85. The predicted octanol–water partition coefficient (Wildman–Crippen LogP) is 5.27. The molecule has 6 rings (SSSR count). The van der Waals surface area contributed by atoms with Gasteiger partial charge >= 0.3 is 0 Å². The third-order valence-corrected chi connectivity index (χ3v) is 8.29. The third-order valence-electron chi connectivity index (χ3n) is 8.29. The van der Waals surface area contributed by atoms with E-state index in [1.54, 1.807) is 19.3 Å². The second kappa shape index (κ2) is 8.87. The normalized spacial score (nSPS) is 21.8. The number of benzene rings is 1. The molecule has 3 atom stereocenters. The zero-order valence-electron chi connectivity index (χ0n) is 21.4. The number of halogens is 2. The van der Waals surface area contributed by atoms with E-state index in [9.17, 15) is 13.9 Å². The smallest absolute Gasteiger partial charge is 0.222 e. The number of aromatic nitrogens is 5. The lowest BCUT2D eigenvalue weighted by Crippen LogP contribution is -2.37. The van der Waals surface area contributed by atoms with Crippen LogP contribution in [0.15, 0.2) is 54.9 Å². The van der Waals surface area contributed by atoms with E-state index >= 15 is 0 Å². The average molecular weight is 515 g/mol. The van der Waals surface area contributed by atoms with Crippen molar-refractivity contribution in [3.05, 3.63) is 83.4 Å². The predicted molar refractivity (Wildman–Crippen MR) is 139 cm³/mol. The van der Waals surface area contributed by atoms with Crippen molar-refractivity contribution in [2.24, 2.45) is 5.41 Å². The number of nitrogens with zero attached hydrogens (tertiary/aromatic N) is 5. The summed E-state index contributed by atoms with van der Waals surface area (Å²) in [6, 6.07) is 11.6. The van der Waals surface area contributed by atoms with Gasteiger partial charge in [0, 0.05) is 24.5 Å². The first kappa shape index (κ1) is 24.5. The minimum absolute atomic E-state index is 0.149. The molecule has 2 aliphatic rings. The summed E-state index contributed by atoms with van der Waals surface area (Å²) in [6.45, 7) is 6.49. The highest BCUT2D eigenvalue weighted by molar-refractivity contribution is 5.65. The van der Waals surface area contributed by atoms with E-state index in [-0.39, 0.29) is 22.6 Å². The number of rotatable bonds is 6. The quantitative estimate of drug-likeness (QED) is 0.362. The summed E-state index contributed by atoms with van der Waals surface area (Å²) in [6.07, 6.45) is 4.69. The molecule has 0 aliphatic heterocycles. The van der Waals surface area contributed by atoms with Crippen LogP contribution in [0.4, 0.5) is 14.7 Å². The molecule has 194 valence electrons. The lowest BCUT2D eigenvalue weighted by atomic mass is 9.66. The fraction of sp³-hybridized carbons (Fsp3) is 0.345. The highest BCUT2D eigenvalue weighted by Gasteiger charge is 2.65. The summed E-state index contributed by atoms with van der Waals surface area (Å²) in [5.41, 5.74) is 3.56. The van der Waals surface area contributed by atoms with Gasteiger partial charge in [-0.25, -0.2) is 18.7 Å². The third kappa shape index (κ3) is 3.60. The SMILES string of the molecule is CC(O)CNc1ncc(-c2cccc([C@@]34CC[C@@H](c5cc(-c6c(F)cccc6F)nnc53)C4(C)C)n2)cn1. The van der Waals surface area contributed by atoms with Crippen LogP contribution in [0, 0.1) is 17.0 Å². The monoisotopic (exact) mass is 514 g/mol. The van der Waals surface area contributed by atoms with Gasteiger partial charge in [0.05, 0.1) is 39.9 Å². The number of aliphatic hydroxyl groups excluding tert-OH is 1. The number of nitrogens with one attached hydrogen (secondary N) is 1. The summed E-state index contributed by atoms with van der Waals surface area (Å²) in [5.74, 6) is -0.707. The fourth-order valence-electron chi connectivity index (χ4n) is 6.38. The number of anilines is 1. The molecule has 0 saturated heterocycles. The average Bonchev–Trinajstić information content (AvgIpc) is 3.28. The molecule has 2 N–H and O–H groups in total. The second-order valence-corrected chi connectivity index (χ2v) is 10.8. The Morgan fingerprint density at radius 2 is 1.74 bits per heavy atom. The molecule has 1 unspecified atom stereocenters. The van der Waals surface area contributed by atoms with E-state index in [1.807, 2.05) is 24.3 Å². The summed E-state index contributed by atoms with van der Waals surface area (Å²) in [4.78, 5) is 13.8. The number of hydrogen-bond donors (Lipinski definition) is 2. The van der Waals surface area contributed by atoms with Crippen molar-refractivity contribution >= 4 is 5.95 Å². The van der Waals surface area contributed by atoms with Crippen LogP contribution in [0.2, 0.25) is 0 Å². The van der Waals surface area contributed by atoms with E-state index in [1.165, 1.54) is 18.2 Å². The van der Waals surface area contributed by atoms with Gasteiger partial charge in [0.1, 0.15) is 11.6 Å². The highest BCUT2D eigenvalue weighted by Crippen LogP contribution is 2.69. The van der Waals surface area contributed by atoms with Crippen molar-refractivity contribution in [3.8, 4) is 22.5 Å². The maximum absolute atomic E-state index is 14.5. The van der Waals surface area contributed by atoms with Gasteiger partial charge in [0.25, 0.3) is 0 Å². The molecule has 3 heterocycles. The summed E-state index contributed by atoms with van der Waals surface area (Å²) >= 11 is 0. The summed E-state index contributed by atoms with van der Waals surface area (Å²) < 4.78 is 29.1. The van der Waals surface area contributed by atoms with Crippen molar-refractivity contribution in [2.75, 3.05) is 11.9 Å². The minimum Gasteiger partial charge on any atom is -0.392 e. The first-order chi connectivity index (χ1) is 18.2. The lowest BCUT2D eigenvalue weighted by Gasteiger charge is -2.37. The molecule has 9 heteroatoms. The molecule has 4 aromatic rings. The standard InChI is InChI=1S/C29H28F2N6O/c1-16(38)13-32-27-33-14-17(15-34-27)22-8-5-9-24(35-22)29-11-10-19(28(29,2)3)18-12-23(36-37-26(18)29)25-20(30)6-4-7-21(25)31/h4-9,12,14-16,19,38H,10-11,13H2,1-3H3,(H,32,33,34)/t16?,19-,29-/m0/s1. The molecule has 2 aliphatic carbocycles. The number of aliphatic hydroxyl groups is 1. The molecule has 7 nitrogen and oxygen atoms in total. The van der Waals surface area contributed by atoms with E-state index < -0.39 is 23.2 Å². The summed E-state index contributed by atoms with van der Waals surface area (Å²) in [5, 5.41) is 21.4. The topological polar surface area (TPSA) is 96.7 Å². The zero-order chi connectivity index (χ0) is 26.7. The Morgan fingerprint density at radius 3 is 2.45 bits per heavy atom. The molecule has 2 bridgehead atoms. The first-order valence-electron chi connectivity index (χ1n) is 12.8. The molecule has 38 heavy (non-hydrogen) atoms. The van der Waals surface area contributed by atoms with Gasteiger partial charge < -0.3 is 10.4 Å². The van der Waals surface area contributed by atoms with E-state index in [4.69, 9.17) is 4.98 Å². The zero-order valence-corrected chi connectivity index (χ0v) is 21.4. The van der Waals surface area contributed by atoms with Crippen LogP contribution in [-0.4, -0.2) is 42.9 Å². The summed E-state index contributed by atoms with van der Waals surface area (Å²) in [7, 11) is 0. The van der Waals surface area contributed by atoms with Gasteiger partial charge in [0.2, 0.25) is 5.95 Å². The van der Waals surface area contributed by atoms with E-state index in [2.05, 4.69) is 39.3 Å². The van der Waals surface area contributed by atoms with Crippen LogP contribution >= 0.6 is 0 Å². The van der Waals surface area contributed by atoms with E-state index in [0.29, 0.717) is 12.5 Å². The molecule has 0 amide bonds. The Morgan fingerprint density at radius 1 is 1.03 bits per heavy atom. The number of hydrogen-bond acceptors (Lipinski definition) is 7. The Bertz CT molecular complexity index is 1500. The van der Waals surface area contributed by atoms with Crippen LogP contribution in [-0.2, 0) is 5.41 Å². The van der Waals surface area contributed by atoms with Crippen LogP contribution in [0.5, 0.6) is 0 Å². The molecule has 0 radical (unpaired) electrons. The molecule has 3 aromatic heterocycles. The maximum atomic E-state index is 14.5. The van der Waals surface area contributed by atoms with Crippen molar-refractivity contribution in [1.82, 2.24) is 25.1 Å². The second-order valence-electron chi connectivity index (χ2n) is 10.8. The van der Waals surface area contributed by atoms with Crippen molar-refractivity contribution in [1.29, 1.82) is 0 Å². The van der Waals surface area contributed by atoms with Gasteiger partial charge in [-0.3, -0.25) is 4.98 Å². The van der Waals surface area contributed by atoms with Gasteiger partial charge in [0.15, 0.2) is 0 Å². The van der Waals surface area contributed by atoms with E-state index in [0.717, 1.165) is 41.1 Å². The molecule has 1 saturated carbocycles. The van der Waals surface area contributed by atoms with Gasteiger partial charge in [-0.2, -0.15) is 5.10 Å². The number of fused-ring (bicyclic) bond motifs is 5. The van der Waals surface area contributed by atoms with Gasteiger partial charge in [-0.15, -0.1) is 5.10 Å². The minimum atomic E-state index is -0.653. The van der Waals surface area contributed by atoms with Crippen LogP contribution in [0.3, 0.4) is 0 Å². The van der Waals surface area contributed by atoms with Crippen molar-refractivity contribution in [2.45, 2.75) is 51.0 Å². The molecule has 0 spiro atoms. The van der Waals surface area contributed by atoms with Gasteiger partial charge in [-0.05, 0) is 67.0 Å². The Labute approximate surface area is 219 Å². The van der Waals surface area contributed by atoms with Crippen molar-refractivity contribution in [3.63, 3.8) is 0 Å². The first-order valence-corrected chi connectivity index (χ1v) is 12.8. The van der Waals surface area contributed by atoms with Crippen molar-refractivity contribution < 1.29 is 13.9 Å². The number of pyridine rings is 1. The Kier molecular flexibility index (Phi) is 5.72.